The maximum Gasteiger partial charge on any atom is 0.103 e. The average molecular weight is 270 g/mol. The summed E-state index contributed by atoms with van der Waals surface area (Å²) in [5, 5.41) is 5.54. The highest BCUT2D eigenvalue weighted by molar-refractivity contribution is 7.99. The predicted molar refractivity (Wildman–Crippen MR) is 77.7 cm³/mol. The monoisotopic (exact) mass is 270 g/mol. The number of thioether (sulfide) groups is 1. The molecule has 1 N–H and O–H groups in total. The lowest BCUT2D eigenvalue weighted by molar-refractivity contribution is 0.516. The van der Waals surface area contributed by atoms with Crippen LogP contribution in [0.1, 0.15) is 48.9 Å². The molecule has 1 fully saturated rings. The molecule has 0 spiro atoms. The molecular formula is C13H22N2S2. The third-order valence-electron chi connectivity index (χ3n) is 3.15. The van der Waals surface area contributed by atoms with E-state index in [0.29, 0.717) is 0 Å². The van der Waals surface area contributed by atoms with E-state index in [1.54, 1.807) is 0 Å². The van der Waals surface area contributed by atoms with Gasteiger partial charge in [0.05, 0.1) is 0 Å². The Balaban J connectivity index is 1.72. The van der Waals surface area contributed by atoms with Gasteiger partial charge in [-0.1, -0.05) is 26.2 Å². The second-order valence-corrected chi connectivity index (χ2v) is 7.06. The predicted octanol–water partition coefficient (Wildman–Crippen LogP) is 3.82. The van der Waals surface area contributed by atoms with Crippen molar-refractivity contribution >= 4 is 23.1 Å². The fourth-order valence-corrected chi connectivity index (χ4v) is 4.41. The molecule has 0 radical (unpaired) electrons. The van der Waals surface area contributed by atoms with E-state index in [1.807, 2.05) is 17.5 Å². The van der Waals surface area contributed by atoms with Crippen molar-refractivity contribution < 1.29 is 0 Å². The van der Waals surface area contributed by atoms with E-state index < -0.39 is 0 Å². The fraction of sp³-hybridized carbons (Fsp3) is 0.769. The van der Waals surface area contributed by atoms with Crippen LogP contribution in [0.15, 0.2) is 6.20 Å². The van der Waals surface area contributed by atoms with Crippen LogP contribution in [-0.2, 0) is 12.3 Å². The summed E-state index contributed by atoms with van der Waals surface area (Å²) in [6.07, 6.45) is 9.17. The number of rotatable bonds is 6. The van der Waals surface area contributed by atoms with Gasteiger partial charge in [-0.2, -0.15) is 11.8 Å². The molecule has 1 aromatic rings. The van der Waals surface area contributed by atoms with Gasteiger partial charge in [0.15, 0.2) is 0 Å². The maximum absolute atomic E-state index is 4.51. The lowest BCUT2D eigenvalue weighted by Crippen LogP contribution is -2.10. The second kappa shape index (κ2) is 7.39. The van der Waals surface area contributed by atoms with E-state index in [9.17, 15) is 0 Å². The van der Waals surface area contributed by atoms with Crippen molar-refractivity contribution in [2.75, 3.05) is 6.54 Å². The summed E-state index contributed by atoms with van der Waals surface area (Å²) < 4.78 is 0. The standard InChI is InChI=1S/C13H22N2S2/c1-2-14-8-12-9-15-13(17-12)10-16-11-6-4-3-5-7-11/h9,11,14H,2-8,10H2,1H3. The van der Waals surface area contributed by atoms with Crippen LogP contribution in [0.3, 0.4) is 0 Å². The van der Waals surface area contributed by atoms with Crippen LogP contribution in [0.5, 0.6) is 0 Å². The largest absolute Gasteiger partial charge is 0.312 e. The van der Waals surface area contributed by atoms with Crippen molar-refractivity contribution in [3.8, 4) is 0 Å². The number of hydrogen-bond acceptors (Lipinski definition) is 4. The van der Waals surface area contributed by atoms with Crippen LogP contribution in [0.2, 0.25) is 0 Å². The third kappa shape index (κ3) is 4.60. The van der Waals surface area contributed by atoms with Crippen molar-refractivity contribution in [2.45, 2.75) is 56.6 Å². The minimum absolute atomic E-state index is 0.893. The first kappa shape index (κ1) is 13.4. The molecule has 0 aliphatic heterocycles. The van der Waals surface area contributed by atoms with Crippen molar-refractivity contribution in [2.24, 2.45) is 0 Å². The summed E-state index contributed by atoms with van der Waals surface area (Å²) in [5.41, 5.74) is 0. The number of aromatic nitrogens is 1. The first-order valence-electron chi connectivity index (χ1n) is 6.64. The fourth-order valence-electron chi connectivity index (χ4n) is 2.17. The minimum atomic E-state index is 0.893. The Hall–Kier alpha value is -0.0600. The van der Waals surface area contributed by atoms with Crippen LogP contribution in [0.4, 0.5) is 0 Å². The Morgan fingerprint density at radius 2 is 2.24 bits per heavy atom. The molecule has 17 heavy (non-hydrogen) atoms. The number of nitrogens with one attached hydrogen (secondary N) is 1. The van der Waals surface area contributed by atoms with Crippen molar-refractivity contribution in [1.29, 1.82) is 0 Å². The molecule has 0 bridgehead atoms. The first-order chi connectivity index (χ1) is 8.38. The lowest BCUT2D eigenvalue weighted by Gasteiger charge is -2.20. The van der Waals surface area contributed by atoms with Gasteiger partial charge >= 0.3 is 0 Å². The van der Waals surface area contributed by atoms with E-state index in [2.05, 4.69) is 29.0 Å². The van der Waals surface area contributed by atoms with Crippen LogP contribution in [0, 0.1) is 0 Å². The molecule has 1 aliphatic rings. The molecule has 0 atom stereocenters. The molecule has 0 unspecified atom stereocenters. The molecule has 1 heterocycles. The highest BCUT2D eigenvalue weighted by Crippen LogP contribution is 2.31. The SMILES string of the molecule is CCNCc1cnc(CSC2CCCCC2)s1. The van der Waals surface area contributed by atoms with Crippen molar-refractivity contribution in [3.05, 3.63) is 16.1 Å². The summed E-state index contributed by atoms with van der Waals surface area (Å²) in [6, 6.07) is 0. The summed E-state index contributed by atoms with van der Waals surface area (Å²) in [6.45, 7) is 4.15. The molecule has 1 aromatic heterocycles. The molecule has 0 aromatic carbocycles. The molecule has 0 amide bonds. The highest BCUT2D eigenvalue weighted by atomic mass is 32.2. The second-order valence-electron chi connectivity index (χ2n) is 4.57. The van der Waals surface area contributed by atoms with Crippen molar-refractivity contribution in [3.63, 3.8) is 0 Å². The number of thiazole rings is 1. The van der Waals surface area contributed by atoms with E-state index >= 15 is 0 Å². The van der Waals surface area contributed by atoms with Gasteiger partial charge in [0.25, 0.3) is 0 Å². The van der Waals surface area contributed by atoms with Crippen LogP contribution >= 0.6 is 23.1 Å². The highest BCUT2D eigenvalue weighted by Gasteiger charge is 2.14. The smallest absolute Gasteiger partial charge is 0.103 e. The van der Waals surface area contributed by atoms with Gasteiger partial charge in [-0.05, 0) is 19.4 Å². The minimum Gasteiger partial charge on any atom is -0.312 e. The van der Waals surface area contributed by atoms with Crippen LogP contribution in [0.25, 0.3) is 0 Å². The van der Waals surface area contributed by atoms with Gasteiger partial charge in [0.2, 0.25) is 0 Å². The average Bonchev–Trinajstić information content (AvgIpc) is 2.83. The normalized spacial score (nSPS) is 17.5. The van der Waals surface area contributed by atoms with Crippen molar-refractivity contribution in [1.82, 2.24) is 10.3 Å². The van der Waals surface area contributed by atoms with Gasteiger partial charge in [-0.3, -0.25) is 0 Å². The Morgan fingerprint density at radius 3 is 3.00 bits per heavy atom. The molecule has 1 saturated carbocycles. The molecule has 96 valence electrons. The molecule has 2 nitrogen and oxygen atoms in total. The summed E-state index contributed by atoms with van der Waals surface area (Å²) in [7, 11) is 0. The first-order valence-corrected chi connectivity index (χ1v) is 8.51. The number of nitrogens with zero attached hydrogens (tertiary/aromatic N) is 1. The van der Waals surface area contributed by atoms with Gasteiger partial charge in [0.1, 0.15) is 5.01 Å². The summed E-state index contributed by atoms with van der Waals surface area (Å²) in [4.78, 5) is 5.88. The van der Waals surface area contributed by atoms with E-state index in [1.165, 1.54) is 42.0 Å². The topological polar surface area (TPSA) is 24.9 Å². The molecule has 1 aliphatic carbocycles. The van der Waals surface area contributed by atoms with Gasteiger partial charge in [-0.25, -0.2) is 4.98 Å². The lowest BCUT2D eigenvalue weighted by atomic mass is 10.0. The number of hydrogen-bond donors (Lipinski definition) is 1. The van der Waals surface area contributed by atoms with Crippen LogP contribution < -0.4 is 5.32 Å². The molecule has 2 rings (SSSR count). The van der Waals surface area contributed by atoms with E-state index in [4.69, 9.17) is 0 Å². The Bertz CT molecular complexity index is 319. The van der Waals surface area contributed by atoms with Gasteiger partial charge < -0.3 is 5.32 Å². The maximum atomic E-state index is 4.51. The molecule has 4 heteroatoms. The Kier molecular flexibility index (Phi) is 5.81. The third-order valence-corrected chi connectivity index (χ3v) is 5.71. The van der Waals surface area contributed by atoms with Gasteiger partial charge in [-0.15, -0.1) is 11.3 Å². The Morgan fingerprint density at radius 1 is 1.41 bits per heavy atom. The molecule has 0 saturated heterocycles. The zero-order valence-electron chi connectivity index (χ0n) is 10.6. The summed E-state index contributed by atoms with van der Waals surface area (Å²) >= 11 is 3.98. The zero-order chi connectivity index (χ0) is 11.9. The zero-order valence-corrected chi connectivity index (χ0v) is 12.2. The quantitative estimate of drug-likeness (QED) is 0.850. The summed E-state index contributed by atoms with van der Waals surface area (Å²) in [5.74, 6) is 1.11. The van der Waals surface area contributed by atoms with Crippen LogP contribution in [-0.4, -0.2) is 16.8 Å². The van der Waals surface area contributed by atoms with Gasteiger partial charge in [0, 0.05) is 28.6 Å². The van der Waals surface area contributed by atoms with E-state index in [-0.39, 0.29) is 0 Å². The molecular weight excluding hydrogens is 248 g/mol. The van der Waals surface area contributed by atoms with E-state index in [0.717, 1.165) is 24.1 Å². The Labute approximate surface area is 113 Å².